The molecule has 3 atom stereocenters. The minimum atomic E-state index is -1.78. The second kappa shape index (κ2) is 7.93. The molecule has 0 radical (unpaired) electrons. The highest BCUT2D eigenvalue weighted by molar-refractivity contribution is 6.74. The Labute approximate surface area is 155 Å². The maximum atomic E-state index is 6.82. The SMILES string of the molecule is CC(C)[C@@H](O[Si](C)(C)C(C)(C)C)[C@H](C)[C@H](C)O[Si](C)(C)C(C)(C)C. The molecule has 0 spiro atoms. The molecule has 24 heavy (non-hydrogen) atoms. The molecule has 0 aliphatic rings. The van der Waals surface area contributed by atoms with E-state index in [0.717, 1.165) is 0 Å². The van der Waals surface area contributed by atoms with E-state index in [4.69, 9.17) is 8.85 Å². The van der Waals surface area contributed by atoms with Crippen LogP contribution in [0.5, 0.6) is 0 Å². The zero-order valence-electron chi connectivity index (χ0n) is 19.1. The van der Waals surface area contributed by atoms with Crippen molar-refractivity contribution in [2.24, 2.45) is 11.8 Å². The van der Waals surface area contributed by atoms with Gasteiger partial charge in [0.1, 0.15) is 0 Å². The van der Waals surface area contributed by atoms with E-state index in [0.29, 0.717) is 11.8 Å². The van der Waals surface area contributed by atoms with Crippen LogP contribution in [-0.4, -0.2) is 28.8 Å². The Bertz CT molecular complexity index is 389. The van der Waals surface area contributed by atoms with Gasteiger partial charge in [-0.2, -0.15) is 0 Å². The molecule has 0 saturated carbocycles. The second-order valence-electron chi connectivity index (χ2n) is 11.0. The predicted octanol–water partition coefficient (Wildman–Crippen LogP) is 7.08. The van der Waals surface area contributed by atoms with Crippen LogP contribution in [0.25, 0.3) is 0 Å². The van der Waals surface area contributed by atoms with Gasteiger partial charge >= 0.3 is 0 Å². The molecule has 0 N–H and O–H groups in total. The van der Waals surface area contributed by atoms with E-state index in [1.54, 1.807) is 0 Å². The van der Waals surface area contributed by atoms with Crippen LogP contribution in [0.3, 0.4) is 0 Å². The predicted molar refractivity (Wildman–Crippen MR) is 114 cm³/mol. The van der Waals surface area contributed by atoms with Gasteiger partial charge in [0.05, 0.1) is 6.10 Å². The van der Waals surface area contributed by atoms with E-state index >= 15 is 0 Å². The zero-order chi connectivity index (χ0) is 19.7. The molecule has 0 amide bonds. The van der Waals surface area contributed by atoms with Crippen molar-refractivity contribution in [1.82, 2.24) is 0 Å². The lowest BCUT2D eigenvalue weighted by Gasteiger charge is -2.45. The molecule has 0 bridgehead atoms. The van der Waals surface area contributed by atoms with Crippen LogP contribution in [-0.2, 0) is 8.85 Å². The molecule has 4 heteroatoms. The normalized spacial score (nSPS) is 18.6. The largest absolute Gasteiger partial charge is 0.414 e. The van der Waals surface area contributed by atoms with Crippen LogP contribution in [0.2, 0.25) is 36.3 Å². The van der Waals surface area contributed by atoms with Crippen molar-refractivity contribution in [3.8, 4) is 0 Å². The molecule has 0 aromatic rings. The molecular formula is C20H46O2Si2. The summed E-state index contributed by atoms with van der Waals surface area (Å²) in [6, 6.07) is 0. The van der Waals surface area contributed by atoms with Crippen LogP contribution in [0.4, 0.5) is 0 Å². The van der Waals surface area contributed by atoms with Gasteiger partial charge in [-0.15, -0.1) is 0 Å². The molecule has 0 aliphatic carbocycles. The molecule has 0 rings (SSSR count). The quantitative estimate of drug-likeness (QED) is 0.443. The highest BCUT2D eigenvalue weighted by Crippen LogP contribution is 2.41. The summed E-state index contributed by atoms with van der Waals surface area (Å²) in [6.07, 6.45) is 0.480. The maximum Gasteiger partial charge on any atom is 0.192 e. The highest BCUT2D eigenvalue weighted by Gasteiger charge is 2.44. The Hall–Kier alpha value is 0.354. The lowest BCUT2D eigenvalue weighted by Crippen LogP contribution is -2.51. The van der Waals surface area contributed by atoms with Crippen LogP contribution in [0.1, 0.15) is 69.2 Å². The Kier molecular flexibility index (Phi) is 8.05. The molecule has 0 aromatic heterocycles. The average molecular weight is 375 g/mol. The summed E-state index contributed by atoms with van der Waals surface area (Å²) < 4.78 is 13.5. The summed E-state index contributed by atoms with van der Waals surface area (Å²) in [5.74, 6) is 0.896. The van der Waals surface area contributed by atoms with E-state index in [1.807, 2.05) is 0 Å². The third-order valence-corrected chi connectivity index (χ3v) is 15.5. The summed E-state index contributed by atoms with van der Waals surface area (Å²) in [4.78, 5) is 0. The Morgan fingerprint density at radius 3 is 1.25 bits per heavy atom. The van der Waals surface area contributed by atoms with Crippen molar-refractivity contribution in [2.75, 3.05) is 0 Å². The van der Waals surface area contributed by atoms with Gasteiger partial charge in [0, 0.05) is 12.0 Å². The second-order valence-corrected chi connectivity index (χ2v) is 20.5. The number of hydrogen-bond donors (Lipinski definition) is 0. The van der Waals surface area contributed by atoms with Crippen LogP contribution in [0, 0.1) is 11.8 Å². The van der Waals surface area contributed by atoms with Gasteiger partial charge in [-0.3, -0.25) is 0 Å². The monoisotopic (exact) mass is 374 g/mol. The first-order valence-electron chi connectivity index (χ1n) is 9.69. The molecule has 2 nitrogen and oxygen atoms in total. The van der Waals surface area contributed by atoms with Gasteiger partial charge in [0.15, 0.2) is 16.6 Å². The number of rotatable bonds is 7. The van der Waals surface area contributed by atoms with Gasteiger partial charge in [-0.05, 0) is 49.1 Å². The van der Waals surface area contributed by atoms with E-state index in [2.05, 4.69) is 95.4 Å². The highest BCUT2D eigenvalue weighted by atomic mass is 28.4. The van der Waals surface area contributed by atoms with Gasteiger partial charge in [-0.1, -0.05) is 62.3 Å². The molecule has 0 saturated heterocycles. The van der Waals surface area contributed by atoms with Crippen LogP contribution >= 0.6 is 0 Å². The minimum absolute atomic E-state index is 0.225. The summed E-state index contributed by atoms with van der Waals surface area (Å²) in [5.41, 5.74) is 0. The third kappa shape index (κ3) is 6.26. The summed E-state index contributed by atoms with van der Waals surface area (Å²) >= 11 is 0. The fourth-order valence-electron chi connectivity index (χ4n) is 2.38. The van der Waals surface area contributed by atoms with Gasteiger partial charge in [0.25, 0.3) is 0 Å². The lowest BCUT2D eigenvalue weighted by atomic mass is 9.91. The van der Waals surface area contributed by atoms with E-state index in [1.165, 1.54) is 0 Å². The van der Waals surface area contributed by atoms with Gasteiger partial charge in [-0.25, -0.2) is 0 Å². The van der Waals surface area contributed by atoms with Gasteiger partial charge < -0.3 is 8.85 Å². The Balaban J connectivity index is 5.28. The summed E-state index contributed by atoms with van der Waals surface area (Å²) in [7, 11) is -3.53. The van der Waals surface area contributed by atoms with Crippen molar-refractivity contribution in [3.63, 3.8) is 0 Å². The van der Waals surface area contributed by atoms with E-state index in [9.17, 15) is 0 Å². The lowest BCUT2D eigenvalue weighted by molar-refractivity contribution is 0.0186. The minimum Gasteiger partial charge on any atom is -0.414 e. The topological polar surface area (TPSA) is 18.5 Å². The van der Waals surface area contributed by atoms with E-state index in [-0.39, 0.29) is 22.3 Å². The summed E-state index contributed by atoms with van der Waals surface area (Å²) in [5, 5.41) is 0.484. The average Bonchev–Trinajstić information content (AvgIpc) is 2.31. The third-order valence-electron chi connectivity index (χ3n) is 6.44. The first-order chi connectivity index (χ1) is 10.3. The van der Waals surface area contributed by atoms with Crippen molar-refractivity contribution < 1.29 is 8.85 Å². The van der Waals surface area contributed by atoms with Gasteiger partial charge in [0.2, 0.25) is 0 Å². The molecule has 0 fully saturated rings. The smallest absolute Gasteiger partial charge is 0.192 e. The fourth-order valence-corrected chi connectivity index (χ4v) is 5.40. The first kappa shape index (κ1) is 24.4. The standard InChI is InChI=1S/C20H46O2Si2/c1-15(2)18(22-24(13,14)20(8,9)10)16(3)17(4)21-23(11,12)19(5,6)7/h15-18H,1-14H3/t16-,17+,18-/m1/s1. The van der Waals surface area contributed by atoms with Crippen molar-refractivity contribution in [1.29, 1.82) is 0 Å². The molecular weight excluding hydrogens is 328 g/mol. The Morgan fingerprint density at radius 1 is 0.625 bits per heavy atom. The zero-order valence-corrected chi connectivity index (χ0v) is 21.1. The summed E-state index contributed by atoms with van der Waals surface area (Å²) in [6.45, 7) is 32.4. The van der Waals surface area contributed by atoms with Crippen LogP contribution in [0.15, 0.2) is 0 Å². The van der Waals surface area contributed by atoms with Crippen LogP contribution < -0.4 is 0 Å². The van der Waals surface area contributed by atoms with E-state index < -0.39 is 16.6 Å². The van der Waals surface area contributed by atoms with Crippen molar-refractivity contribution >= 4 is 16.6 Å². The fraction of sp³-hybridized carbons (Fsp3) is 1.00. The first-order valence-corrected chi connectivity index (χ1v) is 15.5. The molecule has 146 valence electrons. The number of hydrogen-bond acceptors (Lipinski definition) is 2. The molecule has 0 aromatic carbocycles. The van der Waals surface area contributed by atoms with Crippen molar-refractivity contribution in [2.45, 2.75) is 118 Å². The Morgan fingerprint density at radius 2 is 0.958 bits per heavy atom. The maximum absolute atomic E-state index is 6.82. The van der Waals surface area contributed by atoms with Crippen molar-refractivity contribution in [3.05, 3.63) is 0 Å². The molecule has 0 heterocycles. The molecule has 0 unspecified atom stereocenters. The molecule has 0 aliphatic heterocycles.